The summed E-state index contributed by atoms with van der Waals surface area (Å²) in [6.45, 7) is 3.86. The van der Waals surface area contributed by atoms with Crippen molar-refractivity contribution in [3.8, 4) is 0 Å². The molecule has 0 fully saturated rings. The van der Waals surface area contributed by atoms with Crippen LogP contribution in [0.4, 0.5) is 10.5 Å². The van der Waals surface area contributed by atoms with Crippen molar-refractivity contribution in [1.82, 2.24) is 0 Å². The maximum Gasteiger partial charge on any atom is 0.411 e. The number of hydrogen-bond acceptors (Lipinski definition) is 6. The number of carbonyl (C=O) groups is 2. The normalized spacial score (nSPS) is 10.6. The van der Waals surface area contributed by atoms with Crippen LogP contribution in [0.2, 0.25) is 0 Å². The van der Waals surface area contributed by atoms with E-state index in [4.69, 9.17) is 13.9 Å². The number of fused-ring (bicyclic) bond motifs is 1. The van der Waals surface area contributed by atoms with E-state index >= 15 is 0 Å². The molecule has 150 valence electrons. The minimum atomic E-state index is -0.601. The molecule has 7 nitrogen and oxygen atoms in total. The Morgan fingerprint density at radius 1 is 1.03 bits per heavy atom. The molecule has 0 aliphatic heterocycles. The first-order valence-electron chi connectivity index (χ1n) is 9.16. The Labute approximate surface area is 167 Å². The van der Waals surface area contributed by atoms with Crippen LogP contribution in [-0.2, 0) is 27.3 Å². The van der Waals surface area contributed by atoms with Gasteiger partial charge in [-0.05, 0) is 31.5 Å². The van der Waals surface area contributed by atoms with Crippen molar-refractivity contribution in [2.75, 3.05) is 11.9 Å². The van der Waals surface area contributed by atoms with Crippen LogP contribution in [0.15, 0.2) is 57.7 Å². The highest BCUT2D eigenvalue weighted by atomic mass is 16.5. The van der Waals surface area contributed by atoms with E-state index in [2.05, 4.69) is 5.32 Å². The third-order valence-electron chi connectivity index (χ3n) is 4.21. The average molecular weight is 395 g/mol. The predicted octanol–water partition coefficient (Wildman–Crippen LogP) is 3.96. The molecule has 0 aliphatic rings. The summed E-state index contributed by atoms with van der Waals surface area (Å²) >= 11 is 0. The SMILES string of the molecule is CCOC(=O)Nc1ccc2c(COC(=O)Cc3ccc(C)cc3)cc(=O)oc2c1. The summed E-state index contributed by atoms with van der Waals surface area (Å²) in [5.41, 5.74) is 2.62. The van der Waals surface area contributed by atoms with Gasteiger partial charge in [0, 0.05) is 28.8 Å². The molecule has 0 saturated heterocycles. The van der Waals surface area contributed by atoms with Crippen molar-refractivity contribution in [3.63, 3.8) is 0 Å². The zero-order valence-electron chi connectivity index (χ0n) is 16.2. The van der Waals surface area contributed by atoms with Gasteiger partial charge in [-0.1, -0.05) is 29.8 Å². The Balaban J connectivity index is 1.73. The van der Waals surface area contributed by atoms with Crippen LogP contribution >= 0.6 is 0 Å². The lowest BCUT2D eigenvalue weighted by Gasteiger charge is -2.09. The van der Waals surface area contributed by atoms with Gasteiger partial charge in [0.05, 0.1) is 13.0 Å². The Morgan fingerprint density at radius 3 is 2.52 bits per heavy atom. The smallest absolute Gasteiger partial charge is 0.411 e. The molecule has 0 bridgehead atoms. The van der Waals surface area contributed by atoms with E-state index in [9.17, 15) is 14.4 Å². The molecule has 0 radical (unpaired) electrons. The van der Waals surface area contributed by atoms with Crippen molar-refractivity contribution in [2.24, 2.45) is 0 Å². The van der Waals surface area contributed by atoms with Crippen molar-refractivity contribution in [1.29, 1.82) is 0 Å². The maximum atomic E-state index is 12.1. The van der Waals surface area contributed by atoms with Gasteiger partial charge in [0.2, 0.25) is 0 Å². The lowest BCUT2D eigenvalue weighted by atomic mass is 10.1. The quantitative estimate of drug-likeness (QED) is 0.501. The second kappa shape index (κ2) is 9.05. The van der Waals surface area contributed by atoms with Gasteiger partial charge >= 0.3 is 17.7 Å². The predicted molar refractivity (Wildman–Crippen MR) is 108 cm³/mol. The van der Waals surface area contributed by atoms with Gasteiger partial charge in [-0.25, -0.2) is 9.59 Å². The Kier molecular flexibility index (Phi) is 6.29. The van der Waals surface area contributed by atoms with E-state index in [0.29, 0.717) is 16.6 Å². The minimum Gasteiger partial charge on any atom is -0.461 e. The summed E-state index contributed by atoms with van der Waals surface area (Å²) in [7, 11) is 0. The molecule has 2 aromatic carbocycles. The molecule has 29 heavy (non-hydrogen) atoms. The van der Waals surface area contributed by atoms with Crippen LogP contribution < -0.4 is 10.9 Å². The van der Waals surface area contributed by atoms with Gasteiger partial charge in [0.15, 0.2) is 0 Å². The van der Waals surface area contributed by atoms with Crippen molar-refractivity contribution in [2.45, 2.75) is 26.9 Å². The highest BCUT2D eigenvalue weighted by molar-refractivity contribution is 5.90. The number of benzene rings is 2. The number of nitrogens with one attached hydrogen (secondary N) is 1. The van der Waals surface area contributed by atoms with Crippen molar-refractivity contribution in [3.05, 3.63) is 75.6 Å². The minimum absolute atomic E-state index is 0.0581. The number of amides is 1. The number of ether oxygens (including phenoxy) is 2. The van der Waals surface area contributed by atoms with Gasteiger partial charge < -0.3 is 13.9 Å². The van der Waals surface area contributed by atoms with Crippen LogP contribution in [0.25, 0.3) is 11.0 Å². The third-order valence-corrected chi connectivity index (χ3v) is 4.21. The van der Waals surface area contributed by atoms with Gasteiger partial charge in [0.25, 0.3) is 0 Å². The van der Waals surface area contributed by atoms with Crippen molar-refractivity contribution >= 4 is 28.7 Å². The summed E-state index contributed by atoms with van der Waals surface area (Å²) in [4.78, 5) is 35.6. The fourth-order valence-corrected chi connectivity index (χ4v) is 2.79. The van der Waals surface area contributed by atoms with E-state index in [0.717, 1.165) is 11.1 Å². The first-order chi connectivity index (χ1) is 13.9. The molecule has 0 unspecified atom stereocenters. The lowest BCUT2D eigenvalue weighted by molar-refractivity contribution is -0.144. The molecule has 0 saturated carbocycles. The van der Waals surface area contributed by atoms with Gasteiger partial charge in [0.1, 0.15) is 12.2 Å². The number of esters is 1. The molecule has 0 spiro atoms. The summed E-state index contributed by atoms with van der Waals surface area (Å²) in [5.74, 6) is -0.393. The standard InChI is InChI=1S/C22H21NO6/c1-3-27-22(26)23-17-8-9-18-16(11-21(25)29-19(18)12-17)13-28-20(24)10-15-6-4-14(2)5-7-15/h4-9,11-12H,3,10,13H2,1-2H3,(H,23,26). The third kappa shape index (κ3) is 5.44. The molecule has 3 aromatic rings. The van der Waals surface area contributed by atoms with Gasteiger partial charge in [-0.2, -0.15) is 0 Å². The summed E-state index contributed by atoms with van der Waals surface area (Å²) < 4.78 is 15.4. The molecule has 0 aliphatic carbocycles. The van der Waals surface area contributed by atoms with Crippen LogP contribution in [0.5, 0.6) is 0 Å². The van der Waals surface area contributed by atoms with Crippen LogP contribution in [0.1, 0.15) is 23.6 Å². The first-order valence-corrected chi connectivity index (χ1v) is 9.16. The van der Waals surface area contributed by atoms with E-state index in [1.807, 2.05) is 31.2 Å². The molecule has 1 N–H and O–H groups in total. The fourth-order valence-electron chi connectivity index (χ4n) is 2.79. The number of rotatable bonds is 6. The fraction of sp³-hybridized carbons (Fsp3) is 0.227. The number of carbonyl (C=O) groups excluding carboxylic acids is 2. The van der Waals surface area contributed by atoms with E-state index in [1.54, 1.807) is 19.1 Å². The summed E-state index contributed by atoms with van der Waals surface area (Å²) in [6.07, 6.45) is -0.455. The van der Waals surface area contributed by atoms with E-state index < -0.39 is 17.7 Å². The maximum absolute atomic E-state index is 12.1. The van der Waals surface area contributed by atoms with Gasteiger partial charge in [-0.3, -0.25) is 10.1 Å². The zero-order valence-corrected chi connectivity index (χ0v) is 16.2. The average Bonchev–Trinajstić information content (AvgIpc) is 2.67. The van der Waals surface area contributed by atoms with E-state index in [-0.39, 0.29) is 25.2 Å². The van der Waals surface area contributed by atoms with Gasteiger partial charge in [-0.15, -0.1) is 0 Å². The second-order valence-corrected chi connectivity index (χ2v) is 6.47. The van der Waals surface area contributed by atoms with Crippen LogP contribution in [-0.4, -0.2) is 18.7 Å². The Morgan fingerprint density at radius 2 is 1.79 bits per heavy atom. The zero-order chi connectivity index (χ0) is 20.8. The second-order valence-electron chi connectivity index (χ2n) is 6.47. The molecule has 1 amide bonds. The topological polar surface area (TPSA) is 94.8 Å². The van der Waals surface area contributed by atoms with E-state index in [1.165, 1.54) is 12.1 Å². The summed E-state index contributed by atoms with van der Waals surface area (Å²) in [6, 6.07) is 13.8. The molecule has 7 heteroatoms. The lowest BCUT2D eigenvalue weighted by Crippen LogP contribution is -2.13. The van der Waals surface area contributed by atoms with Crippen LogP contribution in [0.3, 0.4) is 0 Å². The molecule has 0 atom stereocenters. The number of aryl methyl sites for hydroxylation is 1. The highest BCUT2D eigenvalue weighted by Crippen LogP contribution is 2.22. The largest absolute Gasteiger partial charge is 0.461 e. The monoisotopic (exact) mass is 395 g/mol. The number of hydrogen-bond donors (Lipinski definition) is 1. The molecule has 1 heterocycles. The van der Waals surface area contributed by atoms with Crippen molar-refractivity contribution < 1.29 is 23.5 Å². The highest BCUT2D eigenvalue weighted by Gasteiger charge is 2.11. The Hall–Kier alpha value is -3.61. The Bertz CT molecular complexity index is 1080. The summed E-state index contributed by atoms with van der Waals surface area (Å²) in [5, 5.41) is 3.16. The number of anilines is 1. The molecule has 3 rings (SSSR count). The molecular formula is C22H21NO6. The molecular weight excluding hydrogens is 374 g/mol. The first kappa shape index (κ1) is 20.1. The molecule has 1 aromatic heterocycles. The van der Waals surface area contributed by atoms with Crippen LogP contribution in [0, 0.1) is 6.92 Å².